The van der Waals surface area contributed by atoms with E-state index in [9.17, 15) is 0 Å². The number of fused-ring (bicyclic) bond motifs is 1. The van der Waals surface area contributed by atoms with Crippen LogP contribution >= 0.6 is 0 Å². The van der Waals surface area contributed by atoms with Gasteiger partial charge in [-0.1, -0.05) is 19.4 Å². The van der Waals surface area contributed by atoms with E-state index in [0.29, 0.717) is 0 Å². The summed E-state index contributed by atoms with van der Waals surface area (Å²) in [7, 11) is 0. The highest BCUT2D eigenvalue weighted by Crippen LogP contribution is 2.11. The van der Waals surface area contributed by atoms with Crippen LogP contribution in [0.2, 0.25) is 0 Å². The molecule has 1 atom stereocenters. The van der Waals surface area contributed by atoms with Gasteiger partial charge in [0.05, 0.1) is 6.04 Å². The molecule has 0 amide bonds. The Kier molecular flexibility index (Phi) is 3.51. The number of nitrogens with zero attached hydrogens (tertiary/aromatic N) is 3. The molecular formula is C12H18N4. The van der Waals surface area contributed by atoms with E-state index in [0.717, 1.165) is 18.0 Å². The first-order valence-electron chi connectivity index (χ1n) is 5.86. The largest absolute Gasteiger partial charge is 0.308 e. The summed E-state index contributed by atoms with van der Waals surface area (Å²) in [6.45, 7) is 5.34. The smallest absolute Gasteiger partial charge is 0.160 e. The molecule has 0 fully saturated rings. The van der Waals surface area contributed by atoms with Gasteiger partial charge in [0.15, 0.2) is 11.5 Å². The summed E-state index contributed by atoms with van der Waals surface area (Å²) in [5.74, 6) is 0.978. The van der Waals surface area contributed by atoms with Gasteiger partial charge < -0.3 is 5.32 Å². The van der Waals surface area contributed by atoms with Crippen LogP contribution in [0.4, 0.5) is 0 Å². The van der Waals surface area contributed by atoms with Crippen molar-refractivity contribution in [2.24, 2.45) is 0 Å². The molecule has 0 aromatic carbocycles. The first kappa shape index (κ1) is 11.1. The molecule has 16 heavy (non-hydrogen) atoms. The van der Waals surface area contributed by atoms with E-state index >= 15 is 0 Å². The molecule has 4 nitrogen and oxygen atoms in total. The molecule has 2 aromatic heterocycles. The molecule has 1 unspecified atom stereocenters. The minimum atomic E-state index is 0.240. The molecule has 2 rings (SSSR count). The number of pyridine rings is 1. The number of hydrogen-bond donors (Lipinski definition) is 1. The van der Waals surface area contributed by atoms with Gasteiger partial charge in [0.1, 0.15) is 0 Å². The number of unbranched alkanes of at least 4 members (excludes halogenated alkanes) is 1. The lowest BCUT2D eigenvalue weighted by Crippen LogP contribution is -2.21. The zero-order chi connectivity index (χ0) is 11.4. The van der Waals surface area contributed by atoms with Crippen molar-refractivity contribution >= 4 is 5.65 Å². The van der Waals surface area contributed by atoms with E-state index in [-0.39, 0.29) is 6.04 Å². The Morgan fingerprint density at radius 2 is 2.25 bits per heavy atom. The zero-order valence-corrected chi connectivity index (χ0v) is 9.85. The van der Waals surface area contributed by atoms with Crippen molar-refractivity contribution in [1.29, 1.82) is 0 Å². The van der Waals surface area contributed by atoms with E-state index in [2.05, 4.69) is 29.4 Å². The number of hydrogen-bond acceptors (Lipinski definition) is 3. The van der Waals surface area contributed by atoms with Crippen molar-refractivity contribution in [3.05, 3.63) is 30.2 Å². The van der Waals surface area contributed by atoms with Crippen LogP contribution in [0, 0.1) is 0 Å². The van der Waals surface area contributed by atoms with Crippen molar-refractivity contribution in [2.45, 2.75) is 32.7 Å². The highest BCUT2D eigenvalue weighted by molar-refractivity contribution is 5.37. The topological polar surface area (TPSA) is 42.2 Å². The third kappa shape index (κ3) is 2.22. The summed E-state index contributed by atoms with van der Waals surface area (Å²) in [6, 6.07) is 6.18. The predicted octanol–water partition coefficient (Wildman–Crippen LogP) is 2.18. The Bertz CT molecular complexity index is 449. The second kappa shape index (κ2) is 5.07. The fourth-order valence-electron chi connectivity index (χ4n) is 1.74. The minimum Gasteiger partial charge on any atom is -0.308 e. The van der Waals surface area contributed by atoms with Crippen molar-refractivity contribution in [2.75, 3.05) is 6.54 Å². The average Bonchev–Trinajstić information content (AvgIpc) is 2.73. The summed E-state index contributed by atoms with van der Waals surface area (Å²) < 4.78 is 2.03. The molecule has 0 saturated heterocycles. The van der Waals surface area contributed by atoms with Crippen LogP contribution in [0.1, 0.15) is 38.6 Å². The SMILES string of the molecule is CCCCNC(C)c1nnc2ccccn12. The first-order valence-corrected chi connectivity index (χ1v) is 5.86. The van der Waals surface area contributed by atoms with Gasteiger partial charge in [-0.2, -0.15) is 0 Å². The third-order valence-electron chi connectivity index (χ3n) is 2.71. The highest BCUT2D eigenvalue weighted by Gasteiger charge is 2.11. The number of aromatic nitrogens is 3. The van der Waals surface area contributed by atoms with Crippen LogP contribution in [0.5, 0.6) is 0 Å². The zero-order valence-electron chi connectivity index (χ0n) is 9.85. The maximum atomic E-state index is 4.22. The first-order chi connectivity index (χ1) is 7.83. The molecule has 2 heterocycles. The lowest BCUT2D eigenvalue weighted by Gasteiger charge is -2.11. The standard InChI is InChI=1S/C12H18N4/c1-3-4-8-13-10(2)12-15-14-11-7-5-6-9-16(11)12/h5-7,9-10,13H,3-4,8H2,1-2H3. The minimum absolute atomic E-state index is 0.240. The molecule has 86 valence electrons. The van der Waals surface area contributed by atoms with Crippen LogP contribution in [0.3, 0.4) is 0 Å². The van der Waals surface area contributed by atoms with E-state index in [1.165, 1.54) is 12.8 Å². The van der Waals surface area contributed by atoms with Crippen molar-refractivity contribution in [3.63, 3.8) is 0 Å². The second-order valence-electron chi connectivity index (χ2n) is 4.02. The van der Waals surface area contributed by atoms with Gasteiger partial charge in [0.25, 0.3) is 0 Å². The molecule has 0 bridgehead atoms. The number of rotatable bonds is 5. The lowest BCUT2D eigenvalue weighted by molar-refractivity contribution is 0.527. The fraction of sp³-hybridized carbons (Fsp3) is 0.500. The molecule has 1 N–H and O–H groups in total. The monoisotopic (exact) mass is 218 g/mol. The van der Waals surface area contributed by atoms with Crippen LogP contribution in [0.25, 0.3) is 5.65 Å². The van der Waals surface area contributed by atoms with Gasteiger partial charge in [0.2, 0.25) is 0 Å². The van der Waals surface area contributed by atoms with Gasteiger partial charge in [-0.3, -0.25) is 4.40 Å². The molecule has 0 spiro atoms. The molecule has 0 radical (unpaired) electrons. The molecule has 0 aliphatic carbocycles. The summed E-state index contributed by atoms with van der Waals surface area (Å²) in [4.78, 5) is 0. The second-order valence-corrected chi connectivity index (χ2v) is 4.02. The van der Waals surface area contributed by atoms with Crippen LogP contribution < -0.4 is 5.32 Å². The van der Waals surface area contributed by atoms with E-state index in [1.807, 2.05) is 28.8 Å². The average molecular weight is 218 g/mol. The summed E-state index contributed by atoms with van der Waals surface area (Å²) >= 11 is 0. The quantitative estimate of drug-likeness (QED) is 0.782. The van der Waals surface area contributed by atoms with Gasteiger partial charge in [-0.15, -0.1) is 10.2 Å². The van der Waals surface area contributed by atoms with E-state index in [1.54, 1.807) is 0 Å². The number of nitrogens with one attached hydrogen (secondary N) is 1. The van der Waals surface area contributed by atoms with Crippen molar-refractivity contribution in [3.8, 4) is 0 Å². The molecule has 4 heteroatoms. The third-order valence-corrected chi connectivity index (χ3v) is 2.71. The van der Waals surface area contributed by atoms with E-state index in [4.69, 9.17) is 0 Å². The molecule has 0 aliphatic rings. The van der Waals surface area contributed by atoms with Crippen molar-refractivity contribution in [1.82, 2.24) is 19.9 Å². The Labute approximate surface area is 95.7 Å². The molecule has 0 saturated carbocycles. The Morgan fingerprint density at radius 3 is 3.06 bits per heavy atom. The molecular weight excluding hydrogens is 200 g/mol. The predicted molar refractivity (Wildman–Crippen MR) is 64.3 cm³/mol. The van der Waals surface area contributed by atoms with Gasteiger partial charge >= 0.3 is 0 Å². The highest BCUT2D eigenvalue weighted by atomic mass is 15.3. The Hall–Kier alpha value is -1.42. The Balaban J connectivity index is 2.13. The van der Waals surface area contributed by atoms with Crippen LogP contribution in [0.15, 0.2) is 24.4 Å². The normalized spacial score (nSPS) is 13.1. The summed E-state index contributed by atoms with van der Waals surface area (Å²) in [5.41, 5.74) is 0.904. The fourth-order valence-corrected chi connectivity index (χ4v) is 1.74. The van der Waals surface area contributed by atoms with E-state index < -0.39 is 0 Å². The summed E-state index contributed by atoms with van der Waals surface area (Å²) in [6.07, 6.45) is 4.41. The molecule has 2 aromatic rings. The van der Waals surface area contributed by atoms with Crippen molar-refractivity contribution < 1.29 is 0 Å². The Morgan fingerprint density at radius 1 is 1.38 bits per heavy atom. The molecule has 0 aliphatic heterocycles. The van der Waals surface area contributed by atoms with Crippen LogP contribution in [-0.2, 0) is 0 Å². The van der Waals surface area contributed by atoms with Crippen LogP contribution in [-0.4, -0.2) is 21.1 Å². The van der Waals surface area contributed by atoms with Gasteiger partial charge in [0, 0.05) is 6.20 Å². The maximum absolute atomic E-state index is 4.22. The van der Waals surface area contributed by atoms with Gasteiger partial charge in [-0.05, 0) is 32.0 Å². The maximum Gasteiger partial charge on any atom is 0.160 e. The lowest BCUT2D eigenvalue weighted by atomic mass is 10.3. The van der Waals surface area contributed by atoms with Gasteiger partial charge in [-0.25, -0.2) is 0 Å². The summed E-state index contributed by atoms with van der Waals surface area (Å²) in [5, 5.41) is 11.8.